The fourth-order valence-corrected chi connectivity index (χ4v) is 2.99. The van der Waals surface area contributed by atoms with Crippen molar-refractivity contribution in [2.24, 2.45) is 0 Å². The Hall–Kier alpha value is -0.870. The van der Waals surface area contributed by atoms with Gasteiger partial charge in [0.15, 0.2) is 0 Å². The second-order valence-corrected chi connectivity index (χ2v) is 5.70. The monoisotopic (exact) mass is 279 g/mol. The Morgan fingerprint density at radius 3 is 2.95 bits per heavy atom. The molecule has 0 amide bonds. The summed E-state index contributed by atoms with van der Waals surface area (Å²) in [5, 5.41) is 8.09. The lowest BCUT2D eigenvalue weighted by molar-refractivity contribution is 0.0997. The number of nitrogens with zero attached hydrogens (tertiary/aromatic N) is 2. The maximum Gasteiger partial charge on any atom is 0.0624 e. The first-order valence-corrected chi connectivity index (χ1v) is 8.11. The molecule has 1 saturated heterocycles. The fourth-order valence-electron chi connectivity index (χ4n) is 2.99. The number of hydrogen-bond acceptors (Lipinski definition) is 3. The normalized spacial score (nSPS) is 20.4. The molecule has 0 aliphatic carbocycles. The number of nitrogens with one attached hydrogen (secondary N) is 1. The van der Waals surface area contributed by atoms with Crippen LogP contribution in [0.1, 0.15) is 50.9 Å². The molecule has 2 heterocycles. The molecule has 0 radical (unpaired) electrons. The van der Waals surface area contributed by atoms with Crippen LogP contribution in [0.15, 0.2) is 6.07 Å². The van der Waals surface area contributed by atoms with Crippen LogP contribution in [-0.2, 0) is 24.1 Å². The first kappa shape index (κ1) is 15.5. The van der Waals surface area contributed by atoms with Crippen LogP contribution in [0.25, 0.3) is 0 Å². The smallest absolute Gasteiger partial charge is 0.0624 e. The molecule has 1 aliphatic heterocycles. The molecular weight excluding hydrogens is 250 g/mol. The first-order chi connectivity index (χ1) is 9.76. The molecular formula is C16H29N3O. The molecule has 0 aromatic carbocycles. The minimum atomic E-state index is 0.494. The van der Waals surface area contributed by atoms with E-state index in [2.05, 4.69) is 42.1 Å². The zero-order valence-electron chi connectivity index (χ0n) is 13.2. The van der Waals surface area contributed by atoms with Crippen LogP contribution < -0.4 is 5.32 Å². The molecule has 0 bridgehead atoms. The average molecular weight is 279 g/mol. The molecule has 4 nitrogen and oxygen atoms in total. The molecule has 2 rings (SSSR count). The summed E-state index contributed by atoms with van der Waals surface area (Å²) in [4.78, 5) is 0. The Balaban J connectivity index is 1.89. The van der Waals surface area contributed by atoms with Gasteiger partial charge < -0.3 is 10.1 Å². The van der Waals surface area contributed by atoms with Crippen molar-refractivity contribution in [1.82, 2.24) is 15.1 Å². The van der Waals surface area contributed by atoms with Gasteiger partial charge in [-0.25, -0.2) is 0 Å². The molecule has 1 aliphatic rings. The minimum Gasteiger partial charge on any atom is -0.378 e. The molecule has 1 aromatic rings. The van der Waals surface area contributed by atoms with Gasteiger partial charge in [-0.15, -0.1) is 0 Å². The highest BCUT2D eigenvalue weighted by atomic mass is 16.5. The zero-order valence-corrected chi connectivity index (χ0v) is 13.2. The molecule has 1 N–H and O–H groups in total. The fraction of sp³-hybridized carbons (Fsp3) is 0.812. The standard InChI is InChI=1S/C16H29N3O/c1-4-13-11-15(19(5-2)18-13)12-14(17-3)8-9-16-7-6-10-20-16/h11,14,16-17H,4-10,12H2,1-3H3. The van der Waals surface area contributed by atoms with E-state index < -0.39 is 0 Å². The topological polar surface area (TPSA) is 39.1 Å². The quantitative estimate of drug-likeness (QED) is 0.795. The van der Waals surface area contributed by atoms with E-state index in [9.17, 15) is 0 Å². The van der Waals surface area contributed by atoms with Crippen molar-refractivity contribution in [3.05, 3.63) is 17.5 Å². The SMILES string of the molecule is CCc1cc(CC(CCC2CCCO2)NC)n(CC)n1. The van der Waals surface area contributed by atoms with E-state index in [-0.39, 0.29) is 0 Å². The van der Waals surface area contributed by atoms with Gasteiger partial charge in [0.2, 0.25) is 0 Å². The Bertz CT molecular complexity index is 396. The van der Waals surface area contributed by atoms with Crippen LogP contribution in [0.5, 0.6) is 0 Å². The van der Waals surface area contributed by atoms with Crippen LogP contribution in [0.3, 0.4) is 0 Å². The minimum absolute atomic E-state index is 0.494. The second-order valence-electron chi connectivity index (χ2n) is 5.70. The predicted octanol–water partition coefficient (Wildman–Crippen LogP) is 2.56. The second kappa shape index (κ2) is 7.79. The molecule has 20 heavy (non-hydrogen) atoms. The third kappa shape index (κ3) is 4.06. The molecule has 2 atom stereocenters. The number of hydrogen-bond donors (Lipinski definition) is 1. The van der Waals surface area contributed by atoms with E-state index in [1.54, 1.807) is 0 Å². The predicted molar refractivity (Wildman–Crippen MR) is 82.0 cm³/mol. The Morgan fingerprint density at radius 1 is 1.50 bits per heavy atom. The van der Waals surface area contributed by atoms with E-state index in [4.69, 9.17) is 4.74 Å². The van der Waals surface area contributed by atoms with Gasteiger partial charge in [-0.05, 0) is 52.1 Å². The molecule has 114 valence electrons. The Kier molecular flexibility index (Phi) is 6.05. The molecule has 1 fully saturated rings. The third-order valence-electron chi connectivity index (χ3n) is 4.30. The number of aryl methyl sites for hydroxylation is 2. The van der Waals surface area contributed by atoms with Gasteiger partial charge in [-0.2, -0.15) is 5.10 Å². The summed E-state index contributed by atoms with van der Waals surface area (Å²) in [7, 11) is 2.06. The van der Waals surface area contributed by atoms with Gasteiger partial charge in [-0.3, -0.25) is 4.68 Å². The highest BCUT2D eigenvalue weighted by molar-refractivity contribution is 5.12. The van der Waals surface area contributed by atoms with Crippen molar-refractivity contribution in [3.8, 4) is 0 Å². The van der Waals surface area contributed by atoms with E-state index in [0.717, 1.165) is 26.0 Å². The summed E-state index contributed by atoms with van der Waals surface area (Å²) < 4.78 is 7.87. The van der Waals surface area contributed by atoms with Gasteiger partial charge in [0.1, 0.15) is 0 Å². The largest absolute Gasteiger partial charge is 0.378 e. The summed E-state index contributed by atoms with van der Waals surface area (Å²) >= 11 is 0. The summed E-state index contributed by atoms with van der Waals surface area (Å²) in [6.45, 7) is 6.24. The van der Waals surface area contributed by atoms with E-state index in [1.165, 1.54) is 37.1 Å². The summed E-state index contributed by atoms with van der Waals surface area (Å²) in [6, 6.07) is 2.78. The van der Waals surface area contributed by atoms with E-state index in [1.807, 2.05) is 0 Å². The van der Waals surface area contributed by atoms with E-state index >= 15 is 0 Å². The number of rotatable bonds is 8. The van der Waals surface area contributed by atoms with Gasteiger partial charge in [0, 0.05) is 31.3 Å². The van der Waals surface area contributed by atoms with Crippen molar-refractivity contribution in [2.45, 2.75) is 71.1 Å². The summed E-state index contributed by atoms with van der Waals surface area (Å²) in [6.07, 6.45) is 7.39. The van der Waals surface area contributed by atoms with Crippen LogP contribution in [0.2, 0.25) is 0 Å². The van der Waals surface area contributed by atoms with Crippen molar-refractivity contribution >= 4 is 0 Å². The lowest BCUT2D eigenvalue weighted by atomic mass is 10.0. The highest BCUT2D eigenvalue weighted by Crippen LogP contribution is 2.19. The van der Waals surface area contributed by atoms with Crippen molar-refractivity contribution in [2.75, 3.05) is 13.7 Å². The van der Waals surface area contributed by atoms with Crippen LogP contribution in [0, 0.1) is 0 Å². The maximum atomic E-state index is 5.72. The Labute approximate surface area is 122 Å². The third-order valence-corrected chi connectivity index (χ3v) is 4.30. The van der Waals surface area contributed by atoms with E-state index in [0.29, 0.717) is 12.1 Å². The average Bonchev–Trinajstić information content (AvgIpc) is 3.12. The van der Waals surface area contributed by atoms with Crippen LogP contribution >= 0.6 is 0 Å². The van der Waals surface area contributed by atoms with Crippen LogP contribution in [-0.4, -0.2) is 35.6 Å². The number of aromatic nitrogens is 2. The molecule has 2 unspecified atom stereocenters. The molecule has 4 heteroatoms. The lowest BCUT2D eigenvalue weighted by Gasteiger charge is -2.18. The maximum absolute atomic E-state index is 5.72. The van der Waals surface area contributed by atoms with Gasteiger partial charge in [0.25, 0.3) is 0 Å². The number of ether oxygens (including phenoxy) is 1. The highest BCUT2D eigenvalue weighted by Gasteiger charge is 2.18. The summed E-state index contributed by atoms with van der Waals surface area (Å²) in [5.74, 6) is 0. The summed E-state index contributed by atoms with van der Waals surface area (Å²) in [5.41, 5.74) is 2.56. The van der Waals surface area contributed by atoms with Crippen molar-refractivity contribution in [1.29, 1.82) is 0 Å². The molecule has 0 spiro atoms. The molecule has 1 aromatic heterocycles. The number of likely N-dealkylation sites (N-methyl/N-ethyl adjacent to an activating group) is 1. The van der Waals surface area contributed by atoms with Crippen molar-refractivity contribution in [3.63, 3.8) is 0 Å². The van der Waals surface area contributed by atoms with Crippen LogP contribution in [0.4, 0.5) is 0 Å². The van der Waals surface area contributed by atoms with Gasteiger partial charge >= 0.3 is 0 Å². The van der Waals surface area contributed by atoms with Crippen molar-refractivity contribution < 1.29 is 4.74 Å². The van der Waals surface area contributed by atoms with Gasteiger partial charge in [0.05, 0.1) is 11.8 Å². The zero-order chi connectivity index (χ0) is 14.4. The van der Waals surface area contributed by atoms with Gasteiger partial charge in [-0.1, -0.05) is 6.92 Å². The lowest BCUT2D eigenvalue weighted by Crippen LogP contribution is -2.29. The first-order valence-electron chi connectivity index (χ1n) is 8.11. The molecule has 0 saturated carbocycles. The Morgan fingerprint density at radius 2 is 2.35 bits per heavy atom.